The van der Waals surface area contributed by atoms with E-state index in [1.54, 1.807) is 0 Å². The number of carbonyl (C=O) groups is 1. The normalized spacial score (nSPS) is 14.5. The Morgan fingerprint density at radius 2 is 1.88 bits per heavy atom. The molecule has 1 heterocycles. The van der Waals surface area contributed by atoms with Crippen molar-refractivity contribution in [2.75, 3.05) is 0 Å². The van der Waals surface area contributed by atoms with Crippen molar-refractivity contribution in [3.05, 3.63) is 51.9 Å². The number of aromatic carboxylic acids is 1. The molecular weight excluding hydrogens is 329 g/mol. The number of alkyl halides is 3. The van der Waals surface area contributed by atoms with Crippen LogP contribution in [0.4, 0.5) is 13.2 Å². The van der Waals surface area contributed by atoms with Gasteiger partial charge in [0, 0.05) is 5.92 Å². The van der Waals surface area contributed by atoms with Crippen LogP contribution >= 0.6 is 0 Å². The zero-order valence-corrected chi connectivity index (χ0v) is 12.1. The molecule has 0 saturated heterocycles. The average molecular weight is 340 g/mol. The zero-order valence-electron chi connectivity index (χ0n) is 12.1. The molecule has 126 valence electrons. The molecular formula is C15H11F3N2O4. The summed E-state index contributed by atoms with van der Waals surface area (Å²) in [5, 5.41) is 13.3. The Morgan fingerprint density at radius 3 is 2.38 bits per heavy atom. The lowest BCUT2D eigenvalue weighted by Gasteiger charge is -2.11. The van der Waals surface area contributed by atoms with E-state index in [0.717, 1.165) is 29.7 Å². The summed E-state index contributed by atoms with van der Waals surface area (Å²) in [5.41, 5.74) is -0.652. The van der Waals surface area contributed by atoms with Crippen LogP contribution in [-0.2, 0) is 0 Å². The number of ether oxygens (including phenoxy) is 1. The Balaban J connectivity index is 2.02. The van der Waals surface area contributed by atoms with E-state index < -0.39 is 29.2 Å². The molecule has 9 heteroatoms. The number of carboxylic acid groups (broad SMARTS) is 1. The van der Waals surface area contributed by atoms with Crippen LogP contribution in [0.2, 0.25) is 0 Å². The summed E-state index contributed by atoms with van der Waals surface area (Å²) in [6.07, 6.45) is -3.12. The minimum atomic E-state index is -4.82. The largest absolute Gasteiger partial charge is 0.573 e. The maximum Gasteiger partial charge on any atom is 0.573 e. The van der Waals surface area contributed by atoms with E-state index in [1.165, 1.54) is 18.2 Å². The third-order valence-corrected chi connectivity index (χ3v) is 3.47. The first-order valence-electron chi connectivity index (χ1n) is 6.98. The Bertz CT molecular complexity index is 839. The number of hydrogen-bond donors (Lipinski definition) is 1. The van der Waals surface area contributed by atoms with Gasteiger partial charge in [0.1, 0.15) is 11.3 Å². The van der Waals surface area contributed by atoms with Gasteiger partial charge in [-0.3, -0.25) is 4.79 Å². The third kappa shape index (κ3) is 3.39. The van der Waals surface area contributed by atoms with Crippen molar-refractivity contribution in [2.24, 2.45) is 0 Å². The van der Waals surface area contributed by atoms with E-state index in [0.29, 0.717) is 5.69 Å². The van der Waals surface area contributed by atoms with E-state index in [4.69, 9.17) is 5.11 Å². The fourth-order valence-corrected chi connectivity index (χ4v) is 2.21. The van der Waals surface area contributed by atoms with Gasteiger partial charge >= 0.3 is 12.3 Å². The molecule has 1 aliphatic rings. The minimum Gasteiger partial charge on any atom is -0.477 e. The van der Waals surface area contributed by atoms with Crippen molar-refractivity contribution in [1.29, 1.82) is 0 Å². The quantitative estimate of drug-likeness (QED) is 0.925. The Kier molecular flexibility index (Phi) is 3.78. The summed E-state index contributed by atoms with van der Waals surface area (Å²) in [5.74, 6) is -1.73. The van der Waals surface area contributed by atoms with E-state index in [-0.39, 0.29) is 11.6 Å². The highest BCUT2D eigenvalue weighted by molar-refractivity contribution is 5.87. The highest BCUT2D eigenvalue weighted by atomic mass is 19.4. The molecule has 1 aliphatic carbocycles. The molecule has 24 heavy (non-hydrogen) atoms. The Morgan fingerprint density at radius 1 is 1.25 bits per heavy atom. The summed E-state index contributed by atoms with van der Waals surface area (Å²) in [6.45, 7) is 0. The van der Waals surface area contributed by atoms with Crippen LogP contribution in [0.1, 0.15) is 34.8 Å². The second-order valence-corrected chi connectivity index (χ2v) is 5.32. The van der Waals surface area contributed by atoms with E-state index in [9.17, 15) is 22.8 Å². The van der Waals surface area contributed by atoms with Gasteiger partial charge in [-0.15, -0.1) is 13.2 Å². The topological polar surface area (TPSA) is 81.4 Å². The molecule has 0 unspecified atom stereocenters. The van der Waals surface area contributed by atoms with Crippen LogP contribution < -0.4 is 10.3 Å². The highest BCUT2D eigenvalue weighted by Crippen LogP contribution is 2.38. The molecule has 6 nitrogen and oxygen atoms in total. The van der Waals surface area contributed by atoms with Gasteiger partial charge in [0.25, 0.3) is 5.56 Å². The number of benzene rings is 1. The van der Waals surface area contributed by atoms with Crippen LogP contribution in [0.25, 0.3) is 5.69 Å². The smallest absolute Gasteiger partial charge is 0.477 e. The molecule has 0 aliphatic heterocycles. The Hall–Kier alpha value is -2.84. The predicted molar refractivity (Wildman–Crippen MR) is 75.5 cm³/mol. The predicted octanol–water partition coefficient (Wildman–Crippen LogP) is 2.71. The van der Waals surface area contributed by atoms with Crippen LogP contribution in [0, 0.1) is 0 Å². The molecule has 1 fully saturated rings. The molecule has 0 spiro atoms. The fourth-order valence-electron chi connectivity index (χ4n) is 2.21. The number of aromatic nitrogens is 2. The molecule has 0 bridgehead atoms. The third-order valence-electron chi connectivity index (χ3n) is 3.47. The van der Waals surface area contributed by atoms with Crippen molar-refractivity contribution < 1.29 is 27.8 Å². The summed E-state index contributed by atoms with van der Waals surface area (Å²) < 4.78 is 41.1. The zero-order chi connectivity index (χ0) is 17.5. The van der Waals surface area contributed by atoms with Crippen molar-refractivity contribution in [3.8, 4) is 11.4 Å². The van der Waals surface area contributed by atoms with Crippen molar-refractivity contribution in [2.45, 2.75) is 25.1 Å². The number of hydrogen-bond acceptors (Lipinski definition) is 4. The van der Waals surface area contributed by atoms with Crippen LogP contribution in [0.15, 0.2) is 35.1 Å². The van der Waals surface area contributed by atoms with Crippen molar-refractivity contribution in [3.63, 3.8) is 0 Å². The van der Waals surface area contributed by atoms with Gasteiger partial charge in [-0.1, -0.05) is 0 Å². The second-order valence-electron chi connectivity index (χ2n) is 5.32. The molecule has 0 radical (unpaired) electrons. The van der Waals surface area contributed by atoms with Gasteiger partial charge in [-0.2, -0.15) is 9.78 Å². The number of nitrogens with zero attached hydrogens (tertiary/aromatic N) is 2. The summed E-state index contributed by atoms with van der Waals surface area (Å²) in [7, 11) is 0. The van der Waals surface area contributed by atoms with Crippen molar-refractivity contribution in [1.82, 2.24) is 9.78 Å². The monoisotopic (exact) mass is 340 g/mol. The fraction of sp³-hybridized carbons (Fsp3) is 0.267. The first-order chi connectivity index (χ1) is 11.2. The first kappa shape index (κ1) is 16.0. The number of carboxylic acids is 1. The molecule has 1 aromatic carbocycles. The van der Waals surface area contributed by atoms with Crippen LogP contribution in [0.5, 0.6) is 5.75 Å². The maximum absolute atomic E-state index is 12.2. The lowest BCUT2D eigenvalue weighted by Crippen LogP contribution is -2.28. The maximum atomic E-state index is 12.2. The van der Waals surface area contributed by atoms with Gasteiger partial charge in [0.05, 0.1) is 11.4 Å². The lowest BCUT2D eigenvalue weighted by atomic mass is 10.2. The van der Waals surface area contributed by atoms with E-state index in [1.807, 2.05) is 0 Å². The minimum absolute atomic E-state index is 0.0998. The highest BCUT2D eigenvalue weighted by Gasteiger charge is 2.31. The molecule has 2 aromatic rings. The van der Waals surface area contributed by atoms with Crippen LogP contribution in [-0.4, -0.2) is 27.2 Å². The molecule has 0 amide bonds. The molecule has 3 rings (SSSR count). The van der Waals surface area contributed by atoms with Crippen LogP contribution in [0.3, 0.4) is 0 Å². The van der Waals surface area contributed by atoms with Gasteiger partial charge in [0.2, 0.25) is 0 Å². The van der Waals surface area contributed by atoms with Gasteiger partial charge in [-0.05, 0) is 43.2 Å². The van der Waals surface area contributed by atoms with Gasteiger partial charge in [-0.25, -0.2) is 4.79 Å². The SMILES string of the molecule is O=C(O)c1cc(C2CC2)nn(-c2ccc(OC(F)(F)F)cc2)c1=O. The average Bonchev–Trinajstić information content (AvgIpc) is 3.31. The number of rotatable bonds is 4. The van der Waals surface area contributed by atoms with Gasteiger partial charge in [0.15, 0.2) is 0 Å². The summed E-state index contributed by atoms with van der Waals surface area (Å²) >= 11 is 0. The molecule has 0 atom stereocenters. The Labute approximate surface area is 133 Å². The second kappa shape index (κ2) is 5.66. The standard InChI is InChI=1S/C15H11F3N2O4/c16-15(17,18)24-10-5-3-9(4-6-10)20-13(21)11(14(22)23)7-12(19-20)8-1-2-8/h3-8H,1-2H2,(H,22,23). The van der Waals surface area contributed by atoms with Crippen molar-refractivity contribution >= 4 is 5.97 Å². The number of halogens is 3. The van der Waals surface area contributed by atoms with E-state index in [2.05, 4.69) is 9.84 Å². The molecule has 1 saturated carbocycles. The molecule has 1 aromatic heterocycles. The van der Waals surface area contributed by atoms with E-state index >= 15 is 0 Å². The lowest BCUT2D eigenvalue weighted by molar-refractivity contribution is -0.274. The summed E-state index contributed by atoms with van der Waals surface area (Å²) in [6, 6.07) is 5.72. The van der Waals surface area contributed by atoms with Gasteiger partial charge < -0.3 is 9.84 Å². The summed E-state index contributed by atoms with van der Waals surface area (Å²) in [4.78, 5) is 23.5. The molecule has 1 N–H and O–H groups in total. The first-order valence-corrected chi connectivity index (χ1v) is 6.98.